The van der Waals surface area contributed by atoms with Crippen molar-refractivity contribution >= 4 is 11.7 Å². The van der Waals surface area contributed by atoms with Crippen molar-refractivity contribution in [3.8, 4) is 11.8 Å². The van der Waals surface area contributed by atoms with Gasteiger partial charge in [0.15, 0.2) is 0 Å². The molecular formula is C15H20N4O2. The Morgan fingerprint density at radius 3 is 3.14 bits per heavy atom. The van der Waals surface area contributed by atoms with E-state index in [-0.39, 0.29) is 12.1 Å². The number of nitriles is 1. The number of likely N-dealkylation sites (tertiary alicyclic amines) is 1. The average molecular weight is 288 g/mol. The topological polar surface area (TPSA) is 91.4 Å². The van der Waals surface area contributed by atoms with Crippen LogP contribution in [-0.2, 0) is 0 Å². The second kappa shape index (κ2) is 6.84. The van der Waals surface area contributed by atoms with Crippen LogP contribution < -0.4 is 15.8 Å². The van der Waals surface area contributed by atoms with Crippen LogP contribution in [0.1, 0.15) is 25.3 Å². The second-order valence-corrected chi connectivity index (χ2v) is 4.97. The van der Waals surface area contributed by atoms with Crippen LogP contribution in [0.4, 0.5) is 10.5 Å². The molecule has 1 heterocycles. The highest BCUT2D eigenvalue weighted by atomic mass is 16.5. The van der Waals surface area contributed by atoms with E-state index in [1.807, 2.05) is 6.92 Å². The van der Waals surface area contributed by atoms with Crippen LogP contribution in [0.5, 0.6) is 5.75 Å². The third-order valence-electron chi connectivity index (χ3n) is 3.57. The Bertz CT molecular complexity index is 553. The summed E-state index contributed by atoms with van der Waals surface area (Å²) in [6, 6.07) is 7.17. The molecule has 1 aromatic carbocycles. The normalized spacial score (nSPS) is 17.3. The van der Waals surface area contributed by atoms with Crippen molar-refractivity contribution in [1.29, 1.82) is 5.26 Å². The van der Waals surface area contributed by atoms with Crippen LogP contribution in [0.25, 0.3) is 0 Å². The number of hydrogen-bond acceptors (Lipinski definition) is 4. The van der Waals surface area contributed by atoms with E-state index in [9.17, 15) is 4.79 Å². The molecule has 1 atom stereocenters. The fourth-order valence-corrected chi connectivity index (χ4v) is 2.50. The number of rotatable bonds is 4. The number of nitrogens with one attached hydrogen (secondary N) is 1. The van der Waals surface area contributed by atoms with Gasteiger partial charge in [0, 0.05) is 13.1 Å². The van der Waals surface area contributed by atoms with E-state index in [1.165, 1.54) is 0 Å². The monoisotopic (exact) mass is 288 g/mol. The lowest BCUT2D eigenvalue weighted by Gasteiger charge is -2.25. The van der Waals surface area contributed by atoms with Gasteiger partial charge in [-0.1, -0.05) is 6.07 Å². The zero-order chi connectivity index (χ0) is 15.2. The number of carbonyl (C=O) groups is 1. The SMILES string of the molecule is CCNC(=O)N1CCC[C@H]1COc1cccc(N)c1C#N. The number of urea groups is 1. The molecule has 0 saturated carbocycles. The second-order valence-electron chi connectivity index (χ2n) is 4.97. The minimum absolute atomic E-state index is 0.0320. The van der Waals surface area contributed by atoms with Gasteiger partial charge in [0.2, 0.25) is 0 Å². The van der Waals surface area contributed by atoms with Gasteiger partial charge in [0.1, 0.15) is 24.0 Å². The highest BCUT2D eigenvalue weighted by Gasteiger charge is 2.29. The molecule has 6 heteroatoms. The molecule has 0 bridgehead atoms. The molecule has 1 aromatic rings. The summed E-state index contributed by atoms with van der Waals surface area (Å²) in [6.45, 7) is 3.61. The van der Waals surface area contributed by atoms with Crippen LogP contribution in [0, 0.1) is 11.3 Å². The Balaban J connectivity index is 2.01. The predicted octanol–water partition coefficient (Wildman–Crippen LogP) is 1.71. The van der Waals surface area contributed by atoms with Gasteiger partial charge < -0.3 is 20.7 Å². The maximum Gasteiger partial charge on any atom is 0.317 e. The maximum absolute atomic E-state index is 11.9. The molecule has 1 saturated heterocycles. The number of nitrogens with two attached hydrogens (primary N) is 1. The van der Waals surface area contributed by atoms with Crippen LogP contribution in [0.15, 0.2) is 18.2 Å². The number of nitrogens with zero attached hydrogens (tertiary/aromatic N) is 2. The van der Waals surface area contributed by atoms with Crippen LogP contribution in [-0.4, -0.2) is 36.7 Å². The number of benzene rings is 1. The molecule has 1 fully saturated rings. The lowest BCUT2D eigenvalue weighted by molar-refractivity contribution is 0.166. The molecule has 6 nitrogen and oxygen atoms in total. The highest BCUT2D eigenvalue weighted by molar-refractivity contribution is 5.74. The molecule has 112 valence electrons. The van der Waals surface area contributed by atoms with Crippen LogP contribution in [0.3, 0.4) is 0 Å². The van der Waals surface area contributed by atoms with E-state index < -0.39 is 0 Å². The third-order valence-corrected chi connectivity index (χ3v) is 3.57. The largest absolute Gasteiger partial charge is 0.490 e. The Kier molecular flexibility index (Phi) is 4.88. The summed E-state index contributed by atoms with van der Waals surface area (Å²) < 4.78 is 5.73. The van der Waals surface area contributed by atoms with Gasteiger partial charge in [0.05, 0.1) is 11.7 Å². The van der Waals surface area contributed by atoms with E-state index in [4.69, 9.17) is 15.7 Å². The molecule has 0 unspecified atom stereocenters. The average Bonchev–Trinajstić information content (AvgIpc) is 2.94. The smallest absolute Gasteiger partial charge is 0.317 e. The van der Waals surface area contributed by atoms with Gasteiger partial charge >= 0.3 is 6.03 Å². The molecule has 21 heavy (non-hydrogen) atoms. The van der Waals surface area contributed by atoms with Crippen molar-refractivity contribution in [2.24, 2.45) is 0 Å². The quantitative estimate of drug-likeness (QED) is 0.825. The van der Waals surface area contributed by atoms with Gasteiger partial charge in [0.25, 0.3) is 0 Å². The lowest BCUT2D eigenvalue weighted by Crippen LogP contribution is -2.44. The number of nitrogen functional groups attached to an aromatic ring is 1. The van der Waals surface area contributed by atoms with Gasteiger partial charge in [-0.3, -0.25) is 0 Å². The van der Waals surface area contributed by atoms with Crippen molar-refractivity contribution in [2.75, 3.05) is 25.4 Å². The van der Waals surface area contributed by atoms with Gasteiger partial charge in [-0.2, -0.15) is 5.26 Å². The van der Waals surface area contributed by atoms with E-state index in [2.05, 4.69) is 11.4 Å². The molecule has 0 aliphatic carbocycles. The first-order valence-corrected chi connectivity index (χ1v) is 7.13. The van der Waals surface area contributed by atoms with Crippen LogP contribution >= 0.6 is 0 Å². The molecule has 0 radical (unpaired) electrons. The summed E-state index contributed by atoms with van der Waals surface area (Å²) in [5.41, 5.74) is 6.51. The van der Waals surface area contributed by atoms with Gasteiger partial charge in [-0.25, -0.2) is 4.79 Å². The highest BCUT2D eigenvalue weighted by Crippen LogP contribution is 2.25. The molecule has 0 spiro atoms. The van der Waals surface area contributed by atoms with Crippen molar-refractivity contribution < 1.29 is 9.53 Å². The van der Waals surface area contributed by atoms with Crippen molar-refractivity contribution in [3.05, 3.63) is 23.8 Å². The summed E-state index contributed by atoms with van der Waals surface area (Å²) in [5.74, 6) is 0.472. The Hall–Kier alpha value is -2.42. The molecule has 1 aliphatic rings. The fraction of sp³-hybridized carbons (Fsp3) is 0.467. The van der Waals surface area contributed by atoms with E-state index in [0.717, 1.165) is 19.4 Å². The first-order valence-electron chi connectivity index (χ1n) is 7.13. The predicted molar refractivity (Wildman–Crippen MR) is 79.9 cm³/mol. The van der Waals surface area contributed by atoms with Crippen LogP contribution in [0.2, 0.25) is 0 Å². The fourth-order valence-electron chi connectivity index (χ4n) is 2.50. The third kappa shape index (κ3) is 3.37. The molecular weight excluding hydrogens is 268 g/mol. The van der Waals surface area contributed by atoms with Crippen molar-refractivity contribution in [3.63, 3.8) is 0 Å². The van der Waals surface area contributed by atoms with Crippen molar-refractivity contribution in [1.82, 2.24) is 10.2 Å². The summed E-state index contributed by atoms with van der Waals surface area (Å²) >= 11 is 0. The standard InChI is InChI=1S/C15H20N4O2/c1-2-18-15(20)19-8-4-5-11(19)10-21-14-7-3-6-13(17)12(14)9-16/h3,6-7,11H,2,4-5,8,10,17H2,1H3,(H,18,20)/t11-/m0/s1. The Morgan fingerprint density at radius 2 is 2.43 bits per heavy atom. The van der Waals surface area contributed by atoms with Gasteiger partial charge in [-0.05, 0) is 31.9 Å². The first-order chi connectivity index (χ1) is 10.2. The maximum atomic E-state index is 11.9. The summed E-state index contributed by atoms with van der Waals surface area (Å²) in [7, 11) is 0. The minimum atomic E-state index is -0.0586. The number of amides is 2. The number of carbonyl (C=O) groups excluding carboxylic acids is 1. The molecule has 3 N–H and O–H groups in total. The summed E-state index contributed by atoms with van der Waals surface area (Å²) in [6.07, 6.45) is 1.87. The van der Waals surface area contributed by atoms with Crippen molar-refractivity contribution in [2.45, 2.75) is 25.8 Å². The summed E-state index contributed by atoms with van der Waals surface area (Å²) in [4.78, 5) is 13.7. The molecule has 2 rings (SSSR count). The van der Waals surface area contributed by atoms with E-state index >= 15 is 0 Å². The first kappa shape index (κ1) is 15.0. The zero-order valence-corrected chi connectivity index (χ0v) is 12.1. The number of anilines is 1. The Labute approximate surface area is 124 Å². The van der Waals surface area contributed by atoms with E-state index in [0.29, 0.717) is 30.2 Å². The number of hydrogen-bond donors (Lipinski definition) is 2. The lowest BCUT2D eigenvalue weighted by atomic mass is 10.2. The summed E-state index contributed by atoms with van der Waals surface area (Å²) in [5, 5.41) is 11.9. The molecule has 1 aliphatic heterocycles. The Morgan fingerprint density at radius 1 is 1.62 bits per heavy atom. The van der Waals surface area contributed by atoms with Gasteiger partial charge in [-0.15, -0.1) is 0 Å². The molecule has 2 amide bonds. The minimum Gasteiger partial charge on any atom is -0.490 e. The molecule has 0 aromatic heterocycles. The zero-order valence-electron chi connectivity index (χ0n) is 12.1. The number of ether oxygens (including phenoxy) is 1. The van der Waals surface area contributed by atoms with E-state index in [1.54, 1.807) is 23.1 Å².